The predicted octanol–water partition coefficient (Wildman–Crippen LogP) is 5.07. The molecule has 1 aromatic carbocycles. The number of hydrogen-bond donors (Lipinski definition) is 1. The molecule has 1 aromatic rings. The van der Waals surface area contributed by atoms with Crippen molar-refractivity contribution in [2.75, 3.05) is 0 Å². The largest absolute Gasteiger partial charge is 0.459 e. The first-order valence-electron chi connectivity index (χ1n) is 11.4. The van der Waals surface area contributed by atoms with Crippen molar-refractivity contribution in [3.63, 3.8) is 0 Å². The maximum Gasteiger partial charge on any atom is 0.337 e. The number of dihydropyridines is 1. The van der Waals surface area contributed by atoms with Crippen molar-refractivity contribution in [2.45, 2.75) is 77.7 Å². The average molecular weight is 439 g/mol. The second-order valence-electron chi connectivity index (χ2n) is 9.94. The van der Waals surface area contributed by atoms with Crippen molar-refractivity contribution in [3.05, 3.63) is 62.5 Å². The molecule has 2 aliphatic carbocycles. The van der Waals surface area contributed by atoms with Crippen LogP contribution in [0.5, 0.6) is 0 Å². The minimum absolute atomic E-state index is 0.00238. The highest BCUT2D eigenvalue weighted by Crippen LogP contribution is 2.47. The van der Waals surface area contributed by atoms with E-state index in [2.05, 4.69) is 19.2 Å². The maximum atomic E-state index is 13.4. The Morgan fingerprint density at radius 3 is 2.41 bits per heavy atom. The Hall–Kier alpha value is -2.96. The average Bonchev–Trinajstić information content (AvgIpc) is 2.72. The van der Waals surface area contributed by atoms with Crippen LogP contribution in [0.15, 0.2) is 46.8 Å². The lowest BCUT2D eigenvalue weighted by atomic mass is 9.68. The molecule has 170 valence electrons. The molecule has 7 heteroatoms. The fourth-order valence-electron chi connectivity index (χ4n) is 5.23. The number of nitro benzene ring substituents is 1. The lowest BCUT2D eigenvalue weighted by molar-refractivity contribution is -0.384. The van der Waals surface area contributed by atoms with Crippen molar-refractivity contribution in [2.24, 2.45) is 5.41 Å². The molecule has 0 bridgehead atoms. The molecule has 0 radical (unpaired) electrons. The Morgan fingerprint density at radius 1 is 1.12 bits per heavy atom. The van der Waals surface area contributed by atoms with Gasteiger partial charge < -0.3 is 10.1 Å². The molecule has 4 rings (SSSR count). The van der Waals surface area contributed by atoms with Crippen LogP contribution in [0.1, 0.15) is 77.2 Å². The van der Waals surface area contributed by atoms with Crippen molar-refractivity contribution in [1.82, 2.24) is 5.32 Å². The summed E-state index contributed by atoms with van der Waals surface area (Å²) in [4.78, 5) is 37.3. The van der Waals surface area contributed by atoms with Crippen LogP contribution in [0.2, 0.25) is 0 Å². The molecule has 32 heavy (non-hydrogen) atoms. The summed E-state index contributed by atoms with van der Waals surface area (Å²) in [6.07, 6.45) is 5.93. The topological polar surface area (TPSA) is 98.5 Å². The summed E-state index contributed by atoms with van der Waals surface area (Å²) < 4.78 is 5.89. The van der Waals surface area contributed by atoms with E-state index in [4.69, 9.17) is 4.74 Å². The zero-order chi connectivity index (χ0) is 23.0. The highest BCUT2D eigenvalue weighted by atomic mass is 16.6. The summed E-state index contributed by atoms with van der Waals surface area (Å²) in [5.41, 5.74) is 3.01. The van der Waals surface area contributed by atoms with Crippen LogP contribution in [0, 0.1) is 15.5 Å². The number of nitrogens with one attached hydrogen (secondary N) is 1. The number of carbonyl (C=O) groups is 2. The number of rotatable bonds is 4. The molecular weight excluding hydrogens is 408 g/mol. The summed E-state index contributed by atoms with van der Waals surface area (Å²) in [5.74, 6) is -0.997. The number of esters is 1. The minimum Gasteiger partial charge on any atom is -0.459 e. The normalized spacial score (nSPS) is 23.5. The number of allylic oxidation sites excluding steroid dienone is 3. The number of nitro groups is 1. The lowest BCUT2D eigenvalue weighted by Gasteiger charge is -2.39. The first-order valence-corrected chi connectivity index (χ1v) is 11.4. The van der Waals surface area contributed by atoms with Crippen LogP contribution in [0.25, 0.3) is 0 Å². The van der Waals surface area contributed by atoms with Crippen molar-refractivity contribution < 1.29 is 19.2 Å². The molecule has 3 aliphatic rings. The minimum atomic E-state index is -0.591. The zero-order valence-corrected chi connectivity index (χ0v) is 18.9. The summed E-state index contributed by atoms with van der Waals surface area (Å²) in [5, 5.41) is 14.5. The van der Waals surface area contributed by atoms with E-state index in [0.717, 1.165) is 37.8 Å². The molecule has 0 saturated heterocycles. The van der Waals surface area contributed by atoms with Crippen molar-refractivity contribution in [1.29, 1.82) is 0 Å². The van der Waals surface area contributed by atoms with Crippen molar-refractivity contribution in [3.8, 4) is 0 Å². The van der Waals surface area contributed by atoms with Crippen LogP contribution in [0.4, 0.5) is 5.69 Å². The Kier molecular flexibility index (Phi) is 5.93. The van der Waals surface area contributed by atoms with Gasteiger partial charge in [-0.1, -0.05) is 32.4 Å². The Bertz CT molecular complexity index is 1010. The Labute approximate surface area is 188 Å². The van der Waals surface area contributed by atoms with E-state index >= 15 is 0 Å². The third kappa shape index (κ3) is 4.33. The van der Waals surface area contributed by atoms with E-state index in [1.165, 1.54) is 12.1 Å². The van der Waals surface area contributed by atoms with Crippen LogP contribution in [-0.2, 0) is 14.3 Å². The van der Waals surface area contributed by atoms with Gasteiger partial charge in [-0.15, -0.1) is 0 Å². The third-order valence-corrected chi connectivity index (χ3v) is 6.72. The molecule has 0 unspecified atom stereocenters. The molecule has 0 amide bonds. The van der Waals surface area contributed by atoms with E-state index in [1.54, 1.807) is 12.1 Å². The SMILES string of the molecule is CC1=C(C(=O)OC2CCCCC2)[C@@H](c2ccc([N+](=O)[O-])cc2)C2=C(CC(C)(C)CC2=O)N1. The second kappa shape index (κ2) is 8.52. The molecule has 1 atom stereocenters. The number of non-ortho nitro benzene ring substituents is 1. The number of hydrogen-bond acceptors (Lipinski definition) is 6. The summed E-state index contributed by atoms with van der Waals surface area (Å²) in [7, 11) is 0. The van der Waals surface area contributed by atoms with Gasteiger partial charge in [-0.3, -0.25) is 14.9 Å². The van der Waals surface area contributed by atoms with Gasteiger partial charge in [0.05, 0.1) is 10.5 Å². The summed E-state index contributed by atoms with van der Waals surface area (Å²) in [6.45, 7) is 5.96. The zero-order valence-electron chi connectivity index (χ0n) is 18.9. The number of nitrogens with zero attached hydrogens (tertiary/aromatic N) is 1. The van der Waals surface area contributed by atoms with Gasteiger partial charge in [0.25, 0.3) is 5.69 Å². The number of Topliss-reactive ketones (excluding diaryl/α,β-unsaturated/α-hetero) is 1. The Balaban J connectivity index is 1.76. The van der Waals surface area contributed by atoms with E-state index in [1.807, 2.05) is 6.92 Å². The predicted molar refractivity (Wildman–Crippen MR) is 120 cm³/mol. The number of ketones is 1. The monoisotopic (exact) mass is 438 g/mol. The molecule has 1 fully saturated rings. The maximum absolute atomic E-state index is 13.4. The highest BCUT2D eigenvalue weighted by Gasteiger charge is 2.43. The smallest absolute Gasteiger partial charge is 0.337 e. The molecule has 7 nitrogen and oxygen atoms in total. The number of benzene rings is 1. The number of carbonyl (C=O) groups excluding carboxylic acids is 2. The van der Waals surface area contributed by atoms with Crippen LogP contribution < -0.4 is 5.32 Å². The van der Waals surface area contributed by atoms with Gasteiger partial charge in [0, 0.05) is 41.4 Å². The van der Waals surface area contributed by atoms with E-state index < -0.39 is 16.8 Å². The molecule has 1 saturated carbocycles. The fraction of sp³-hybridized carbons (Fsp3) is 0.520. The van der Waals surface area contributed by atoms with E-state index in [9.17, 15) is 19.7 Å². The highest BCUT2D eigenvalue weighted by molar-refractivity contribution is 6.04. The first kappa shape index (κ1) is 22.2. The van der Waals surface area contributed by atoms with Gasteiger partial charge in [-0.25, -0.2) is 4.79 Å². The molecule has 1 aliphatic heterocycles. The summed E-state index contributed by atoms with van der Waals surface area (Å²) >= 11 is 0. The van der Waals surface area contributed by atoms with Gasteiger partial charge in [-0.2, -0.15) is 0 Å². The van der Waals surface area contributed by atoms with Gasteiger partial charge in [0.15, 0.2) is 5.78 Å². The second-order valence-corrected chi connectivity index (χ2v) is 9.94. The Morgan fingerprint density at radius 2 is 1.78 bits per heavy atom. The molecule has 0 spiro atoms. The van der Waals surface area contributed by atoms with Crippen molar-refractivity contribution >= 4 is 17.4 Å². The number of ether oxygens (including phenoxy) is 1. The standard InChI is InChI=1S/C25H30N2O5/c1-15-21(24(29)32-18-7-5-4-6-8-18)22(16-9-11-17(12-10-16)27(30)31)23-19(26-15)13-25(2,3)14-20(23)28/h9-12,18,22,26H,4-8,13-14H2,1-3H3/t22-/m1/s1. The first-order chi connectivity index (χ1) is 15.2. The van der Waals surface area contributed by atoms with E-state index in [-0.39, 0.29) is 23.0 Å². The van der Waals surface area contributed by atoms with E-state index in [0.29, 0.717) is 35.2 Å². The fourth-order valence-corrected chi connectivity index (χ4v) is 5.23. The quantitative estimate of drug-likeness (QED) is 0.400. The van der Waals surface area contributed by atoms with Gasteiger partial charge in [-0.05, 0) is 50.0 Å². The van der Waals surface area contributed by atoms with Crippen LogP contribution in [0.3, 0.4) is 0 Å². The van der Waals surface area contributed by atoms with Gasteiger partial charge in [0.2, 0.25) is 0 Å². The van der Waals surface area contributed by atoms with Crippen LogP contribution >= 0.6 is 0 Å². The summed E-state index contributed by atoms with van der Waals surface area (Å²) in [6, 6.07) is 6.14. The molecule has 1 N–H and O–H groups in total. The molecular formula is C25H30N2O5. The third-order valence-electron chi connectivity index (χ3n) is 6.72. The van der Waals surface area contributed by atoms with Gasteiger partial charge >= 0.3 is 5.97 Å². The van der Waals surface area contributed by atoms with Gasteiger partial charge in [0.1, 0.15) is 6.10 Å². The van der Waals surface area contributed by atoms with Crippen LogP contribution in [-0.4, -0.2) is 22.8 Å². The molecule has 1 heterocycles. The molecule has 0 aromatic heterocycles. The lowest BCUT2D eigenvalue weighted by Crippen LogP contribution is -2.39.